The van der Waals surface area contributed by atoms with Gasteiger partial charge in [0.15, 0.2) is 0 Å². The van der Waals surface area contributed by atoms with Crippen molar-refractivity contribution in [2.24, 2.45) is 0 Å². The van der Waals surface area contributed by atoms with Gasteiger partial charge in [-0.05, 0) is 35.0 Å². The number of carbonyl (C=O) groups is 1. The highest BCUT2D eigenvalue weighted by atomic mass is 19.1. The molecule has 7 nitrogen and oxygen atoms in total. The van der Waals surface area contributed by atoms with Gasteiger partial charge in [-0.25, -0.2) is 9.18 Å². The van der Waals surface area contributed by atoms with Crippen LogP contribution >= 0.6 is 0 Å². The standard InChI is InChI=1S/C13H12FN5O2/c1-7-10(12(20)21-2)11(8-4-3-5-9(14)6-8)19-13(15-7)16-17-18-19/h3-6,11H,1-2H3,(H,15,16,18)/t11-/m0/s1. The number of anilines is 1. The molecule has 2 aromatic rings. The van der Waals surface area contributed by atoms with E-state index in [0.29, 0.717) is 22.8 Å². The molecule has 1 aliphatic heterocycles. The molecule has 0 aliphatic carbocycles. The van der Waals surface area contributed by atoms with Gasteiger partial charge in [-0.3, -0.25) is 0 Å². The Labute approximate surface area is 119 Å². The van der Waals surface area contributed by atoms with Gasteiger partial charge in [0.2, 0.25) is 5.95 Å². The fourth-order valence-corrected chi connectivity index (χ4v) is 2.37. The van der Waals surface area contributed by atoms with E-state index < -0.39 is 17.8 Å². The van der Waals surface area contributed by atoms with Crippen molar-refractivity contribution < 1.29 is 13.9 Å². The van der Waals surface area contributed by atoms with Crippen molar-refractivity contribution in [1.29, 1.82) is 0 Å². The topological polar surface area (TPSA) is 81.9 Å². The fourth-order valence-electron chi connectivity index (χ4n) is 2.37. The molecule has 1 atom stereocenters. The normalized spacial score (nSPS) is 17.2. The molecule has 0 fully saturated rings. The monoisotopic (exact) mass is 289 g/mol. The summed E-state index contributed by atoms with van der Waals surface area (Å²) in [7, 11) is 1.29. The van der Waals surface area contributed by atoms with Gasteiger partial charge in [-0.2, -0.15) is 4.68 Å². The minimum Gasteiger partial charge on any atom is -0.466 e. The van der Waals surface area contributed by atoms with Crippen molar-refractivity contribution >= 4 is 11.9 Å². The number of ether oxygens (including phenoxy) is 1. The second-order valence-corrected chi connectivity index (χ2v) is 4.56. The summed E-state index contributed by atoms with van der Waals surface area (Å²) in [4.78, 5) is 12.1. The van der Waals surface area contributed by atoms with E-state index in [4.69, 9.17) is 4.74 Å². The summed E-state index contributed by atoms with van der Waals surface area (Å²) in [5.74, 6) is -0.535. The zero-order valence-electron chi connectivity index (χ0n) is 11.4. The van der Waals surface area contributed by atoms with Crippen molar-refractivity contribution in [3.63, 3.8) is 0 Å². The molecular weight excluding hydrogens is 277 g/mol. The Bertz CT molecular complexity index is 740. The number of esters is 1. The van der Waals surface area contributed by atoms with Gasteiger partial charge in [0.05, 0.1) is 12.7 Å². The zero-order chi connectivity index (χ0) is 15.0. The molecule has 2 heterocycles. The molecule has 1 N–H and O–H groups in total. The predicted molar refractivity (Wildman–Crippen MR) is 70.7 cm³/mol. The van der Waals surface area contributed by atoms with E-state index in [1.165, 1.54) is 23.9 Å². The second-order valence-electron chi connectivity index (χ2n) is 4.56. The molecule has 0 saturated carbocycles. The maximum atomic E-state index is 13.5. The molecule has 21 heavy (non-hydrogen) atoms. The maximum absolute atomic E-state index is 13.5. The molecule has 0 radical (unpaired) electrons. The minimum atomic E-state index is -0.639. The Morgan fingerprint density at radius 2 is 2.29 bits per heavy atom. The van der Waals surface area contributed by atoms with E-state index in [-0.39, 0.29) is 0 Å². The van der Waals surface area contributed by atoms with Gasteiger partial charge in [0.1, 0.15) is 11.9 Å². The van der Waals surface area contributed by atoms with Crippen molar-refractivity contribution in [3.05, 3.63) is 46.9 Å². The summed E-state index contributed by atoms with van der Waals surface area (Å²) < 4.78 is 19.8. The Morgan fingerprint density at radius 1 is 1.48 bits per heavy atom. The molecule has 0 spiro atoms. The number of nitrogens with zero attached hydrogens (tertiary/aromatic N) is 4. The molecule has 0 saturated heterocycles. The first-order valence-corrected chi connectivity index (χ1v) is 6.21. The highest BCUT2D eigenvalue weighted by molar-refractivity contribution is 5.92. The van der Waals surface area contributed by atoms with E-state index >= 15 is 0 Å². The van der Waals surface area contributed by atoms with Crippen LogP contribution in [0.4, 0.5) is 10.3 Å². The number of hydrogen-bond acceptors (Lipinski definition) is 6. The first-order chi connectivity index (χ1) is 10.1. The molecule has 1 aromatic heterocycles. The Hall–Kier alpha value is -2.77. The summed E-state index contributed by atoms with van der Waals surface area (Å²) in [5, 5.41) is 14.2. The molecule has 0 unspecified atom stereocenters. The minimum absolute atomic E-state index is 0.336. The average molecular weight is 289 g/mol. The van der Waals surface area contributed by atoms with Crippen molar-refractivity contribution in [3.8, 4) is 0 Å². The van der Waals surface area contributed by atoms with Crippen LogP contribution in [0, 0.1) is 5.82 Å². The number of hydrogen-bond donors (Lipinski definition) is 1. The fraction of sp³-hybridized carbons (Fsp3) is 0.231. The Morgan fingerprint density at radius 3 is 3.00 bits per heavy atom. The van der Waals surface area contributed by atoms with Crippen LogP contribution in [0.25, 0.3) is 0 Å². The third-order valence-electron chi connectivity index (χ3n) is 3.28. The lowest BCUT2D eigenvalue weighted by Gasteiger charge is -2.27. The summed E-state index contributed by atoms with van der Waals surface area (Å²) in [6, 6.07) is 5.32. The lowest BCUT2D eigenvalue weighted by atomic mass is 9.96. The van der Waals surface area contributed by atoms with Crippen LogP contribution in [-0.2, 0) is 9.53 Å². The highest BCUT2D eigenvalue weighted by Gasteiger charge is 2.34. The summed E-state index contributed by atoms with van der Waals surface area (Å²) in [5.41, 5.74) is 1.46. The molecule has 8 heteroatoms. The predicted octanol–water partition coefficient (Wildman–Crippen LogP) is 1.27. The number of carbonyl (C=O) groups excluding carboxylic acids is 1. The van der Waals surface area contributed by atoms with Crippen LogP contribution < -0.4 is 5.32 Å². The van der Waals surface area contributed by atoms with Crippen LogP contribution in [0.3, 0.4) is 0 Å². The van der Waals surface area contributed by atoms with E-state index in [1.54, 1.807) is 19.1 Å². The van der Waals surface area contributed by atoms with Crippen LogP contribution in [0.5, 0.6) is 0 Å². The van der Waals surface area contributed by atoms with Crippen LogP contribution in [0.2, 0.25) is 0 Å². The second kappa shape index (κ2) is 4.97. The summed E-state index contributed by atoms with van der Waals surface area (Å²) >= 11 is 0. The third-order valence-corrected chi connectivity index (χ3v) is 3.28. The van der Waals surface area contributed by atoms with Crippen molar-refractivity contribution in [1.82, 2.24) is 20.2 Å². The molecular formula is C13H12FN5O2. The number of allylic oxidation sites excluding steroid dienone is 1. The van der Waals surface area contributed by atoms with E-state index in [1.807, 2.05) is 0 Å². The van der Waals surface area contributed by atoms with Gasteiger partial charge in [0.25, 0.3) is 0 Å². The van der Waals surface area contributed by atoms with Gasteiger partial charge in [0, 0.05) is 5.70 Å². The number of fused-ring (bicyclic) bond motifs is 1. The zero-order valence-corrected chi connectivity index (χ0v) is 11.4. The van der Waals surface area contributed by atoms with Gasteiger partial charge in [-0.15, -0.1) is 0 Å². The van der Waals surface area contributed by atoms with E-state index in [9.17, 15) is 9.18 Å². The largest absolute Gasteiger partial charge is 0.466 e. The summed E-state index contributed by atoms with van der Waals surface area (Å²) in [6.45, 7) is 1.72. The average Bonchev–Trinajstić information content (AvgIpc) is 2.92. The number of nitrogens with one attached hydrogen (secondary N) is 1. The molecule has 108 valence electrons. The van der Waals surface area contributed by atoms with Crippen molar-refractivity contribution in [2.75, 3.05) is 12.4 Å². The lowest BCUT2D eigenvalue weighted by molar-refractivity contribution is -0.136. The quantitative estimate of drug-likeness (QED) is 0.839. The summed E-state index contributed by atoms with van der Waals surface area (Å²) in [6.07, 6.45) is 0. The highest BCUT2D eigenvalue weighted by Crippen LogP contribution is 2.34. The first-order valence-electron chi connectivity index (χ1n) is 6.21. The lowest BCUT2D eigenvalue weighted by Crippen LogP contribution is -2.29. The third kappa shape index (κ3) is 2.14. The van der Waals surface area contributed by atoms with Gasteiger partial charge in [-0.1, -0.05) is 17.2 Å². The van der Waals surface area contributed by atoms with E-state index in [0.717, 1.165) is 0 Å². The smallest absolute Gasteiger partial charge is 0.338 e. The SMILES string of the molecule is COC(=O)C1=C(C)Nc2nnnn2[C@H]1c1cccc(F)c1. The van der Waals surface area contributed by atoms with E-state index in [2.05, 4.69) is 20.8 Å². The first kappa shape index (κ1) is 13.2. The van der Waals surface area contributed by atoms with Crippen LogP contribution in [-0.4, -0.2) is 33.3 Å². The number of rotatable bonds is 2. The molecule has 0 bridgehead atoms. The molecule has 1 aromatic carbocycles. The number of methoxy groups -OCH3 is 1. The molecule has 3 rings (SSSR count). The number of halogens is 1. The van der Waals surface area contributed by atoms with Crippen molar-refractivity contribution in [2.45, 2.75) is 13.0 Å². The number of tetrazole rings is 1. The Kier molecular flexibility index (Phi) is 3.13. The van der Waals surface area contributed by atoms with Gasteiger partial charge < -0.3 is 10.1 Å². The van der Waals surface area contributed by atoms with Gasteiger partial charge >= 0.3 is 5.97 Å². The number of benzene rings is 1. The maximum Gasteiger partial charge on any atom is 0.338 e. The molecule has 0 amide bonds. The number of aromatic nitrogens is 4. The van der Waals surface area contributed by atoms with Crippen LogP contribution in [0.15, 0.2) is 35.5 Å². The Balaban J connectivity index is 2.20. The molecule has 1 aliphatic rings. The van der Waals surface area contributed by atoms with Crippen LogP contribution in [0.1, 0.15) is 18.5 Å².